The molecule has 1 N–H and O–H groups in total. The minimum absolute atomic E-state index is 0.0416. The summed E-state index contributed by atoms with van der Waals surface area (Å²) in [7, 11) is 0. The number of hydrogen-bond acceptors (Lipinski definition) is 5. The molecule has 1 aromatic carbocycles. The van der Waals surface area contributed by atoms with Gasteiger partial charge in [0.15, 0.2) is 5.43 Å². The summed E-state index contributed by atoms with van der Waals surface area (Å²) in [5.74, 6) is -0.189. The van der Waals surface area contributed by atoms with Crippen molar-refractivity contribution in [2.24, 2.45) is 0 Å². The van der Waals surface area contributed by atoms with Crippen molar-refractivity contribution < 1.29 is 9.59 Å². The molecular formula is C27H28N4O3S. The van der Waals surface area contributed by atoms with E-state index in [1.807, 2.05) is 52.8 Å². The number of nitrogens with one attached hydrogen (secondary N) is 1. The highest BCUT2D eigenvalue weighted by Gasteiger charge is 2.29. The first-order valence-electron chi connectivity index (χ1n) is 12.0. The number of nitrogens with zero attached hydrogens (tertiary/aromatic N) is 3. The normalized spacial score (nSPS) is 17.0. The molecule has 0 radical (unpaired) electrons. The quantitative estimate of drug-likeness (QED) is 0.535. The molecule has 0 unspecified atom stereocenters. The molecule has 7 nitrogen and oxygen atoms in total. The van der Waals surface area contributed by atoms with Gasteiger partial charge in [0, 0.05) is 61.0 Å². The Hall–Kier alpha value is -3.39. The maximum absolute atomic E-state index is 13.3. The van der Waals surface area contributed by atoms with Crippen LogP contribution in [0.2, 0.25) is 0 Å². The van der Waals surface area contributed by atoms with E-state index in [1.54, 1.807) is 24.0 Å². The molecule has 2 aliphatic heterocycles. The van der Waals surface area contributed by atoms with Crippen molar-refractivity contribution in [2.75, 3.05) is 19.6 Å². The number of benzene rings is 1. The van der Waals surface area contributed by atoms with Gasteiger partial charge in [-0.25, -0.2) is 0 Å². The largest absolute Gasteiger partial charge is 0.352 e. The van der Waals surface area contributed by atoms with E-state index in [4.69, 9.17) is 0 Å². The van der Waals surface area contributed by atoms with Crippen LogP contribution in [0.5, 0.6) is 0 Å². The first kappa shape index (κ1) is 23.4. The number of aryl methyl sites for hydroxylation is 1. The number of amides is 2. The van der Waals surface area contributed by atoms with E-state index >= 15 is 0 Å². The fourth-order valence-corrected chi connectivity index (χ4v) is 6.15. The molecule has 35 heavy (non-hydrogen) atoms. The van der Waals surface area contributed by atoms with E-state index in [1.165, 1.54) is 0 Å². The topological polar surface area (TPSA) is 84.3 Å². The van der Waals surface area contributed by atoms with Crippen LogP contribution < -0.4 is 10.7 Å². The van der Waals surface area contributed by atoms with Crippen LogP contribution in [-0.4, -0.2) is 45.9 Å². The van der Waals surface area contributed by atoms with Crippen molar-refractivity contribution in [3.05, 3.63) is 87.6 Å². The van der Waals surface area contributed by atoms with E-state index in [0.717, 1.165) is 34.9 Å². The second-order valence-electron chi connectivity index (χ2n) is 8.93. The number of rotatable bonds is 6. The maximum Gasteiger partial charge on any atom is 0.257 e. The minimum Gasteiger partial charge on any atom is -0.352 e. The monoisotopic (exact) mass is 488 g/mol. The standard InChI is InChI=1S/C27H28N4O3S/c1-18-16-22(32)26(27(34)29-13-7-15-30-14-6-11-25(30)33)21-17-24(19-8-4-5-12-28-19)35-23-10-3-2-9-20(23)31(18)21/h2-5,8-10,12,16,24H,6-7,11,13-15,17H2,1H3,(H,29,34)/t24-/m1/s1. The second-order valence-corrected chi connectivity index (χ2v) is 10.2. The number of hydrogen-bond donors (Lipinski definition) is 1. The number of thioether (sulfide) groups is 1. The van der Waals surface area contributed by atoms with Gasteiger partial charge in [-0.3, -0.25) is 19.4 Å². The Bertz CT molecular complexity index is 1320. The first-order chi connectivity index (χ1) is 17.0. The highest BCUT2D eigenvalue weighted by molar-refractivity contribution is 7.99. The molecule has 3 aromatic rings. The molecule has 2 aromatic heterocycles. The third-order valence-corrected chi connectivity index (χ3v) is 7.85. The fraction of sp³-hybridized carbons (Fsp3) is 0.333. The SMILES string of the molecule is Cc1cc(=O)c(C(=O)NCCCN2CCCC2=O)c2n1-c1ccccc1S[C@@H](c1ccccn1)C2. The van der Waals surface area contributed by atoms with E-state index < -0.39 is 0 Å². The van der Waals surface area contributed by atoms with Crippen LogP contribution in [0.3, 0.4) is 0 Å². The summed E-state index contributed by atoms with van der Waals surface area (Å²) in [6, 6.07) is 15.5. The van der Waals surface area contributed by atoms with E-state index in [2.05, 4.69) is 16.4 Å². The second kappa shape index (κ2) is 10.1. The lowest BCUT2D eigenvalue weighted by Gasteiger charge is -2.20. The molecule has 0 spiro atoms. The number of aromatic nitrogens is 2. The zero-order valence-corrected chi connectivity index (χ0v) is 20.5. The van der Waals surface area contributed by atoms with Gasteiger partial charge in [-0.2, -0.15) is 0 Å². The lowest BCUT2D eigenvalue weighted by molar-refractivity contribution is -0.127. The lowest BCUT2D eigenvalue weighted by atomic mass is 10.0. The van der Waals surface area contributed by atoms with Crippen LogP contribution in [0.4, 0.5) is 0 Å². The van der Waals surface area contributed by atoms with Gasteiger partial charge in [0.1, 0.15) is 5.56 Å². The highest BCUT2D eigenvalue weighted by atomic mass is 32.2. The van der Waals surface area contributed by atoms with Crippen molar-refractivity contribution in [3.63, 3.8) is 0 Å². The minimum atomic E-state index is -0.365. The van der Waals surface area contributed by atoms with E-state index in [-0.39, 0.29) is 28.1 Å². The summed E-state index contributed by atoms with van der Waals surface area (Å²) in [6.45, 7) is 3.72. The van der Waals surface area contributed by atoms with Crippen molar-refractivity contribution in [3.8, 4) is 5.69 Å². The Morgan fingerprint density at radius 1 is 1.17 bits per heavy atom. The van der Waals surface area contributed by atoms with Crippen LogP contribution >= 0.6 is 11.8 Å². The summed E-state index contributed by atoms with van der Waals surface area (Å²) < 4.78 is 2.05. The number of carbonyl (C=O) groups is 2. The number of para-hydroxylation sites is 1. The smallest absolute Gasteiger partial charge is 0.257 e. The van der Waals surface area contributed by atoms with Crippen molar-refractivity contribution >= 4 is 23.6 Å². The van der Waals surface area contributed by atoms with Gasteiger partial charge < -0.3 is 14.8 Å². The molecule has 1 saturated heterocycles. The number of likely N-dealkylation sites (tertiary alicyclic amines) is 1. The molecule has 0 bridgehead atoms. The zero-order valence-electron chi connectivity index (χ0n) is 19.7. The van der Waals surface area contributed by atoms with Gasteiger partial charge in [-0.1, -0.05) is 18.2 Å². The molecule has 0 aliphatic carbocycles. The molecule has 180 valence electrons. The van der Waals surface area contributed by atoms with Crippen molar-refractivity contribution in [2.45, 2.75) is 42.8 Å². The van der Waals surface area contributed by atoms with Crippen LogP contribution in [0.25, 0.3) is 5.69 Å². The van der Waals surface area contributed by atoms with Crippen LogP contribution in [-0.2, 0) is 11.2 Å². The average Bonchev–Trinajstić information content (AvgIpc) is 3.18. The van der Waals surface area contributed by atoms with Crippen molar-refractivity contribution in [1.82, 2.24) is 19.8 Å². The Kier molecular flexibility index (Phi) is 6.72. The average molecular weight is 489 g/mol. The third-order valence-electron chi connectivity index (χ3n) is 6.56. The van der Waals surface area contributed by atoms with E-state index in [9.17, 15) is 14.4 Å². The Morgan fingerprint density at radius 3 is 2.77 bits per heavy atom. The van der Waals surface area contributed by atoms with Crippen LogP contribution in [0.1, 0.15) is 52.0 Å². The molecule has 0 saturated carbocycles. The van der Waals surface area contributed by atoms with Gasteiger partial charge in [0.25, 0.3) is 5.91 Å². The molecule has 2 amide bonds. The number of pyridine rings is 2. The molecule has 1 atom stereocenters. The summed E-state index contributed by atoms with van der Waals surface area (Å²) in [4.78, 5) is 45.8. The predicted molar refractivity (Wildman–Crippen MR) is 136 cm³/mol. The Labute approximate surface area is 208 Å². The maximum atomic E-state index is 13.3. The zero-order chi connectivity index (χ0) is 24.4. The number of carbonyl (C=O) groups excluding carboxylic acids is 2. The lowest BCUT2D eigenvalue weighted by Crippen LogP contribution is -2.35. The summed E-state index contributed by atoms with van der Waals surface area (Å²) in [6.07, 6.45) is 4.43. The van der Waals surface area contributed by atoms with Gasteiger partial charge >= 0.3 is 0 Å². The van der Waals surface area contributed by atoms with Gasteiger partial charge in [-0.05, 0) is 44.0 Å². The Balaban J connectivity index is 1.48. The summed E-state index contributed by atoms with van der Waals surface area (Å²) >= 11 is 1.70. The van der Waals surface area contributed by atoms with Crippen LogP contribution in [0.15, 0.2) is 64.4 Å². The van der Waals surface area contributed by atoms with Crippen LogP contribution in [0, 0.1) is 6.92 Å². The molecule has 4 heterocycles. The molecular weight excluding hydrogens is 460 g/mol. The van der Waals surface area contributed by atoms with Gasteiger partial charge in [0.2, 0.25) is 5.91 Å². The molecule has 2 aliphatic rings. The molecule has 5 rings (SSSR count). The number of fused-ring (bicyclic) bond motifs is 3. The molecule has 8 heteroatoms. The summed E-state index contributed by atoms with van der Waals surface area (Å²) in [5, 5.41) is 2.89. The van der Waals surface area contributed by atoms with Gasteiger partial charge in [-0.15, -0.1) is 11.8 Å². The fourth-order valence-electron chi connectivity index (χ4n) is 4.91. The molecule has 1 fully saturated rings. The van der Waals surface area contributed by atoms with Gasteiger partial charge in [0.05, 0.1) is 16.6 Å². The predicted octanol–water partition coefficient (Wildman–Crippen LogP) is 3.67. The van der Waals surface area contributed by atoms with Crippen molar-refractivity contribution in [1.29, 1.82) is 0 Å². The first-order valence-corrected chi connectivity index (χ1v) is 12.9. The Morgan fingerprint density at radius 2 is 2.00 bits per heavy atom. The highest BCUT2D eigenvalue weighted by Crippen LogP contribution is 2.43. The third kappa shape index (κ3) is 4.75. The van der Waals surface area contributed by atoms with E-state index in [0.29, 0.717) is 38.0 Å². The summed E-state index contributed by atoms with van der Waals surface area (Å²) in [5.41, 5.74) is 3.29.